The summed E-state index contributed by atoms with van der Waals surface area (Å²) >= 11 is 1.30. The molecule has 1 saturated heterocycles. The molecule has 1 aliphatic carbocycles. The Labute approximate surface area is 160 Å². The molecule has 0 N–H and O–H groups in total. The van der Waals surface area contributed by atoms with Crippen molar-refractivity contribution in [3.63, 3.8) is 0 Å². The lowest BCUT2D eigenvalue weighted by atomic mass is 9.78. The normalized spacial score (nSPS) is 23.1. The van der Waals surface area contributed by atoms with Crippen molar-refractivity contribution in [3.05, 3.63) is 40.9 Å². The first-order chi connectivity index (χ1) is 12.9. The number of piperidine rings is 1. The number of nitrogens with zero attached hydrogens (tertiary/aromatic N) is 2. The number of amides is 1. The molecule has 2 unspecified atom stereocenters. The van der Waals surface area contributed by atoms with Crippen LogP contribution in [0.15, 0.2) is 29.6 Å². The molecule has 144 valence electrons. The van der Waals surface area contributed by atoms with E-state index in [-0.39, 0.29) is 5.91 Å². The quantitative estimate of drug-likeness (QED) is 0.662. The van der Waals surface area contributed by atoms with Crippen molar-refractivity contribution < 1.29 is 18.0 Å². The van der Waals surface area contributed by atoms with Crippen LogP contribution in [0.5, 0.6) is 0 Å². The Kier molecular flexibility index (Phi) is 4.97. The Morgan fingerprint density at radius 3 is 2.52 bits per heavy atom. The molecule has 1 saturated carbocycles. The zero-order chi connectivity index (χ0) is 19.0. The van der Waals surface area contributed by atoms with Crippen molar-refractivity contribution in [2.24, 2.45) is 5.92 Å². The van der Waals surface area contributed by atoms with Crippen LogP contribution in [-0.2, 0) is 6.18 Å². The summed E-state index contributed by atoms with van der Waals surface area (Å²) < 4.78 is 38.1. The van der Waals surface area contributed by atoms with Gasteiger partial charge in [0, 0.05) is 23.5 Å². The standard InChI is InChI=1S/C20H21F3N2OS/c21-20(22,23)15-9-7-14(8-10-15)18-24-16(12-27-18)19(26)25-11-3-5-13-4-1-2-6-17(13)25/h7-10,12-13,17H,1-6,11H2. The van der Waals surface area contributed by atoms with E-state index in [1.165, 1.54) is 49.2 Å². The Bertz CT molecular complexity index is 813. The number of fused-ring (bicyclic) bond motifs is 1. The zero-order valence-corrected chi connectivity index (χ0v) is 15.7. The summed E-state index contributed by atoms with van der Waals surface area (Å²) in [6.07, 6.45) is 2.55. The highest BCUT2D eigenvalue weighted by Crippen LogP contribution is 2.36. The molecule has 4 rings (SSSR count). The van der Waals surface area contributed by atoms with Crippen molar-refractivity contribution in [3.8, 4) is 10.6 Å². The lowest BCUT2D eigenvalue weighted by Gasteiger charge is -2.43. The first-order valence-corrected chi connectivity index (χ1v) is 10.3. The van der Waals surface area contributed by atoms with Gasteiger partial charge in [0.1, 0.15) is 10.7 Å². The number of thiazole rings is 1. The first kappa shape index (κ1) is 18.5. The molecule has 0 spiro atoms. The molecule has 3 nitrogen and oxygen atoms in total. The van der Waals surface area contributed by atoms with E-state index in [0.29, 0.717) is 28.2 Å². The number of carbonyl (C=O) groups is 1. The van der Waals surface area contributed by atoms with Gasteiger partial charge in [-0.1, -0.05) is 25.0 Å². The fraction of sp³-hybridized carbons (Fsp3) is 0.500. The Morgan fingerprint density at radius 1 is 1.07 bits per heavy atom. The van der Waals surface area contributed by atoms with E-state index in [1.807, 2.05) is 4.90 Å². The molecule has 0 bridgehead atoms. The minimum atomic E-state index is -4.35. The van der Waals surface area contributed by atoms with Gasteiger partial charge in [-0.3, -0.25) is 4.79 Å². The van der Waals surface area contributed by atoms with Gasteiger partial charge in [0.25, 0.3) is 5.91 Å². The van der Waals surface area contributed by atoms with Gasteiger partial charge in [0.05, 0.1) is 5.56 Å². The third kappa shape index (κ3) is 3.74. The number of rotatable bonds is 2. The maximum Gasteiger partial charge on any atom is 0.416 e. The van der Waals surface area contributed by atoms with Crippen LogP contribution in [0.2, 0.25) is 0 Å². The minimum Gasteiger partial charge on any atom is -0.334 e. The van der Waals surface area contributed by atoms with Gasteiger partial charge in [-0.25, -0.2) is 4.98 Å². The number of benzene rings is 1. The van der Waals surface area contributed by atoms with Gasteiger partial charge < -0.3 is 4.90 Å². The number of hydrogen-bond donors (Lipinski definition) is 0. The summed E-state index contributed by atoms with van der Waals surface area (Å²) in [6, 6.07) is 5.24. The molecule has 2 aliphatic rings. The lowest BCUT2D eigenvalue weighted by Crippen LogP contribution is -2.49. The minimum absolute atomic E-state index is 0.0407. The van der Waals surface area contributed by atoms with Crippen LogP contribution in [0.3, 0.4) is 0 Å². The van der Waals surface area contributed by atoms with Gasteiger partial charge in [-0.15, -0.1) is 11.3 Å². The number of aromatic nitrogens is 1. The molecule has 27 heavy (non-hydrogen) atoms. The lowest BCUT2D eigenvalue weighted by molar-refractivity contribution is -0.137. The molecule has 1 aliphatic heterocycles. The second-order valence-electron chi connectivity index (χ2n) is 7.37. The fourth-order valence-corrected chi connectivity index (χ4v) is 5.13. The summed E-state index contributed by atoms with van der Waals surface area (Å²) in [6.45, 7) is 0.771. The van der Waals surface area contributed by atoms with Crippen LogP contribution in [-0.4, -0.2) is 28.4 Å². The third-order valence-corrected chi connectivity index (χ3v) is 6.58. The van der Waals surface area contributed by atoms with Crippen LogP contribution < -0.4 is 0 Å². The second-order valence-corrected chi connectivity index (χ2v) is 8.22. The van der Waals surface area contributed by atoms with Crippen molar-refractivity contribution in [2.45, 2.75) is 50.7 Å². The molecule has 2 atom stereocenters. The van der Waals surface area contributed by atoms with Gasteiger partial charge >= 0.3 is 6.18 Å². The topological polar surface area (TPSA) is 33.2 Å². The summed E-state index contributed by atoms with van der Waals surface area (Å²) in [5.74, 6) is 0.561. The number of halogens is 3. The average Bonchev–Trinajstić information content (AvgIpc) is 3.16. The number of likely N-dealkylation sites (tertiary alicyclic amines) is 1. The summed E-state index contributed by atoms with van der Waals surface area (Å²) in [4.78, 5) is 19.4. The first-order valence-electron chi connectivity index (χ1n) is 9.37. The van der Waals surface area contributed by atoms with Gasteiger partial charge in [0.2, 0.25) is 0 Å². The van der Waals surface area contributed by atoms with Crippen molar-refractivity contribution in [1.29, 1.82) is 0 Å². The van der Waals surface area contributed by atoms with E-state index in [9.17, 15) is 18.0 Å². The molecule has 2 fully saturated rings. The predicted octanol–water partition coefficient (Wildman–Crippen LogP) is 5.62. The predicted molar refractivity (Wildman–Crippen MR) is 98.6 cm³/mol. The zero-order valence-electron chi connectivity index (χ0n) is 14.8. The van der Waals surface area contributed by atoms with Crippen LogP contribution in [0.1, 0.15) is 54.6 Å². The smallest absolute Gasteiger partial charge is 0.334 e. The highest BCUT2D eigenvalue weighted by molar-refractivity contribution is 7.13. The van der Waals surface area contributed by atoms with E-state index >= 15 is 0 Å². The maximum atomic E-state index is 13.0. The highest BCUT2D eigenvalue weighted by Gasteiger charge is 2.36. The van der Waals surface area contributed by atoms with E-state index in [4.69, 9.17) is 0 Å². The molecule has 2 heterocycles. The molecule has 0 radical (unpaired) electrons. The second kappa shape index (κ2) is 7.26. The van der Waals surface area contributed by atoms with Crippen LogP contribution in [0, 0.1) is 5.92 Å². The molecule has 1 aromatic carbocycles. The number of alkyl halides is 3. The van der Waals surface area contributed by atoms with Crippen molar-refractivity contribution in [1.82, 2.24) is 9.88 Å². The van der Waals surface area contributed by atoms with Crippen LogP contribution >= 0.6 is 11.3 Å². The summed E-state index contributed by atoms with van der Waals surface area (Å²) in [5, 5.41) is 2.30. The molecular weight excluding hydrogens is 373 g/mol. The summed E-state index contributed by atoms with van der Waals surface area (Å²) in [7, 11) is 0. The Balaban J connectivity index is 1.52. The molecule has 1 amide bonds. The van der Waals surface area contributed by atoms with Crippen LogP contribution in [0.25, 0.3) is 10.6 Å². The number of carbonyl (C=O) groups excluding carboxylic acids is 1. The van der Waals surface area contributed by atoms with E-state index in [2.05, 4.69) is 4.98 Å². The summed E-state index contributed by atoms with van der Waals surface area (Å²) in [5.41, 5.74) is 0.318. The Morgan fingerprint density at radius 2 is 1.78 bits per heavy atom. The highest BCUT2D eigenvalue weighted by atomic mass is 32.1. The van der Waals surface area contributed by atoms with E-state index in [0.717, 1.165) is 31.5 Å². The van der Waals surface area contributed by atoms with Crippen molar-refractivity contribution >= 4 is 17.2 Å². The average molecular weight is 394 g/mol. The van der Waals surface area contributed by atoms with Crippen molar-refractivity contribution in [2.75, 3.05) is 6.54 Å². The molecule has 2 aromatic rings. The molecule has 1 aromatic heterocycles. The van der Waals surface area contributed by atoms with E-state index in [1.54, 1.807) is 5.38 Å². The number of hydrogen-bond acceptors (Lipinski definition) is 3. The van der Waals surface area contributed by atoms with Gasteiger partial charge in [-0.2, -0.15) is 13.2 Å². The third-order valence-electron chi connectivity index (χ3n) is 5.69. The monoisotopic (exact) mass is 394 g/mol. The fourth-order valence-electron chi connectivity index (χ4n) is 4.33. The SMILES string of the molecule is O=C(c1csc(-c2ccc(C(F)(F)F)cc2)n1)N1CCCC2CCCCC21. The van der Waals surface area contributed by atoms with Crippen LogP contribution in [0.4, 0.5) is 13.2 Å². The molecular formula is C20H21F3N2OS. The largest absolute Gasteiger partial charge is 0.416 e. The maximum absolute atomic E-state index is 13.0. The Hall–Kier alpha value is -1.89. The van der Waals surface area contributed by atoms with E-state index < -0.39 is 11.7 Å². The van der Waals surface area contributed by atoms with Gasteiger partial charge in [-0.05, 0) is 43.7 Å². The molecule has 7 heteroatoms. The van der Waals surface area contributed by atoms with Gasteiger partial charge in [0.15, 0.2) is 0 Å².